The van der Waals surface area contributed by atoms with Gasteiger partial charge in [-0.25, -0.2) is 9.18 Å². The van der Waals surface area contributed by atoms with E-state index in [9.17, 15) is 18.8 Å². The Morgan fingerprint density at radius 1 is 1.40 bits per heavy atom. The summed E-state index contributed by atoms with van der Waals surface area (Å²) in [5.74, 6) is -3.56. The predicted molar refractivity (Wildman–Crippen MR) is 68.7 cm³/mol. The van der Waals surface area contributed by atoms with E-state index >= 15 is 0 Å². The van der Waals surface area contributed by atoms with Gasteiger partial charge in [0, 0.05) is 12.0 Å². The molecule has 0 aliphatic heterocycles. The lowest BCUT2D eigenvalue weighted by Crippen LogP contribution is -2.41. The number of nitrogens with two attached hydrogens (primary N) is 1. The van der Waals surface area contributed by atoms with Gasteiger partial charge in [0.05, 0.1) is 5.02 Å². The third-order valence-corrected chi connectivity index (χ3v) is 2.77. The van der Waals surface area contributed by atoms with Crippen LogP contribution in [0.25, 0.3) is 0 Å². The molecule has 0 fully saturated rings. The summed E-state index contributed by atoms with van der Waals surface area (Å²) in [4.78, 5) is 33.3. The van der Waals surface area contributed by atoms with Gasteiger partial charge < -0.3 is 16.2 Å². The Labute approximate surface area is 118 Å². The molecular weight excluding hydrogens is 291 g/mol. The molecule has 1 atom stereocenters. The molecule has 6 nitrogen and oxygen atoms in total. The highest BCUT2D eigenvalue weighted by Crippen LogP contribution is 2.15. The Bertz CT molecular complexity index is 550. The summed E-state index contributed by atoms with van der Waals surface area (Å²) >= 11 is 5.47. The van der Waals surface area contributed by atoms with Gasteiger partial charge in [0.1, 0.15) is 11.9 Å². The van der Waals surface area contributed by atoms with Crippen molar-refractivity contribution in [3.63, 3.8) is 0 Å². The Morgan fingerprint density at radius 3 is 2.55 bits per heavy atom. The summed E-state index contributed by atoms with van der Waals surface area (Å²) in [7, 11) is 0. The first-order valence-electron chi connectivity index (χ1n) is 5.58. The normalized spacial score (nSPS) is 11.7. The van der Waals surface area contributed by atoms with E-state index in [-0.39, 0.29) is 23.4 Å². The quantitative estimate of drug-likeness (QED) is 0.726. The Morgan fingerprint density at radius 2 is 2.05 bits per heavy atom. The molecule has 0 aliphatic rings. The van der Waals surface area contributed by atoms with Gasteiger partial charge in [-0.05, 0) is 24.6 Å². The predicted octanol–water partition coefficient (Wildman–Crippen LogP) is 0.928. The molecule has 0 bridgehead atoms. The van der Waals surface area contributed by atoms with Crippen LogP contribution in [0.2, 0.25) is 5.02 Å². The molecule has 1 aromatic carbocycles. The van der Waals surface area contributed by atoms with E-state index in [1.807, 2.05) is 0 Å². The van der Waals surface area contributed by atoms with Gasteiger partial charge in [0.15, 0.2) is 0 Å². The summed E-state index contributed by atoms with van der Waals surface area (Å²) in [5.41, 5.74) is 4.84. The van der Waals surface area contributed by atoms with Crippen LogP contribution in [0.3, 0.4) is 0 Å². The molecule has 0 unspecified atom stereocenters. The zero-order chi connectivity index (χ0) is 15.3. The number of primary amides is 1. The highest BCUT2D eigenvalue weighted by Gasteiger charge is 2.21. The number of nitrogens with one attached hydrogen (secondary N) is 1. The molecule has 4 N–H and O–H groups in total. The lowest BCUT2D eigenvalue weighted by Gasteiger charge is -2.13. The number of carboxylic acids is 1. The molecule has 0 aliphatic carbocycles. The highest BCUT2D eigenvalue weighted by atomic mass is 35.5. The zero-order valence-electron chi connectivity index (χ0n) is 10.2. The van der Waals surface area contributed by atoms with Crippen LogP contribution >= 0.6 is 11.6 Å². The first-order valence-corrected chi connectivity index (χ1v) is 5.96. The van der Waals surface area contributed by atoms with Crippen LogP contribution in [-0.4, -0.2) is 28.9 Å². The van der Waals surface area contributed by atoms with E-state index in [4.69, 9.17) is 22.4 Å². The lowest BCUT2D eigenvalue weighted by molar-refractivity contribution is -0.139. The van der Waals surface area contributed by atoms with Crippen molar-refractivity contribution in [1.82, 2.24) is 5.32 Å². The molecular formula is C12H12ClFN2O4. The van der Waals surface area contributed by atoms with Gasteiger partial charge in [-0.15, -0.1) is 0 Å². The number of carbonyl (C=O) groups excluding carboxylic acids is 2. The van der Waals surface area contributed by atoms with E-state index < -0.39 is 29.6 Å². The Hall–Kier alpha value is -2.15. The summed E-state index contributed by atoms with van der Waals surface area (Å²) in [6.45, 7) is 0. The average molecular weight is 303 g/mol. The maximum atomic E-state index is 13.2. The summed E-state index contributed by atoms with van der Waals surface area (Å²) in [6, 6.07) is 2.05. The van der Waals surface area contributed by atoms with Crippen LogP contribution in [0.5, 0.6) is 0 Å². The number of benzene rings is 1. The monoisotopic (exact) mass is 302 g/mol. The second-order valence-corrected chi connectivity index (χ2v) is 4.41. The van der Waals surface area contributed by atoms with Crippen LogP contribution < -0.4 is 11.1 Å². The minimum absolute atomic E-state index is 0.0720. The third-order valence-electron chi connectivity index (χ3n) is 2.46. The number of amides is 2. The van der Waals surface area contributed by atoms with Crippen molar-refractivity contribution in [2.24, 2.45) is 5.73 Å². The van der Waals surface area contributed by atoms with Crippen LogP contribution in [0.4, 0.5) is 4.39 Å². The maximum Gasteiger partial charge on any atom is 0.326 e. The first kappa shape index (κ1) is 15.9. The first-order chi connectivity index (χ1) is 9.31. The fourth-order valence-electron chi connectivity index (χ4n) is 1.42. The zero-order valence-corrected chi connectivity index (χ0v) is 11.0. The van der Waals surface area contributed by atoms with Gasteiger partial charge >= 0.3 is 5.97 Å². The van der Waals surface area contributed by atoms with Crippen molar-refractivity contribution in [3.05, 3.63) is 34.6 Å². The van der Waals surface area contributed by atoms with E-state index in [1.54, 1.807) is 0 Å². The molecule has 8 heteroatoms. The minimum Gasteiger partial charge on any atom is -0.480 e. The molecule has 0 spiro atoms. The van der Waals surface area contributed by atoms with Crippen molar-refractivity contribution in [3.8, 4) is 0 Å². The molecule has 0 saturated carbocycles. The van der Waals surface area contributed by atoms with E-state index in [0.717, 1.165) is 6.07 Å². The van der Waals surface area contributed by atoms with Gasteiger partial charge in [0.2, 0.25) is 5.91 Å². The summed E-state index contributed by atoms with van der Waals surface area (Å²) < 4.78 is 13.2. The number of rotatable bonds is 6. The third kappa shape index (κ3) is 4.51. The molecule has 1 rings (SSSR count). The van der Waals surface area contributed by atoms with Crippen molar-refractivity contribution < 1.29 is 23.9 Å². The van der Waals surface area contributed by atoms with Crippen LogP contribution in [-0.2, 0) is 9.59 Å². The molecule has 1 aromatic rings. The number of aliphatic carboxylic acids is 1. The SMILES string of the molecule is NC(=O)CC[C@H](NC(=O)c1ccc(Cl)c(F)c1)C(=O)O. The number of carboxylic acid groups (broad SMARTS) is 1. The largest absolute Gasteiger partial charge is 0.480 e. The highest BCUT2D eigenvalue weighted by molar-refractivity contribution is 6.30. The molecule has 2 amide bonds. The van der Waals surface area contributed by atoms with E-state index in [0.29, 0.717) is 0 Å². The van der Waals surface area contributed by atoms with Gasteiger partial charge in [-0.2, -0.15) is 0 Å². The number of halogens is 2. The number of hydrogen-bond donors (Lipinski definition) is 3. The van der Waals surface area contributed by atoms with Crippen molar-refractivity contribution in [1.29, 1.82) is 0 Å². The standard InChI is InChI=1S/C12H12ClFN2O4/c13-7-2-1-6(5-8(7)14)11(18)16-9(12(19)20)3-4-10(15)17/h1-2,5,9H,3-4H2,(H2,15,17)(H,16,18)(H,19,20)/t9-/m0/s1. The molecule has 0 heterocycles. The second-order valence-electron chi connectivity index (χ2n) is 4.00. The molecule has 0 aromatic heterocycles. The van der Waals surface area contributed by atoms with Gasteiger partial charge in [-0.3, -0.25) is 9.59 Å². The second kappa shape index (κ2) is 6.85. The number of hydrogen-bond acceptors (Lipinski definition) is 3. The fraction of sp³-hybridized carbons (Fsp3) is 0.250. The van der Waals surface area contributed by atoms with Crippen molar-refractivity contribution in [2.45, 2.75) is 18.9 Å². The van der Waals surface area contributed by atoms with Crippen LogP contribution in [0.15, 0.2) is 18.2 Å². The van der Waals surface area contributed by atoms with Crippen molar-refractivity contribution in [2.75, 3.05) is 0 Å². The molecule has 20 heavy (non-hydrogen) atoms. The van der Waals surface area contributed by atoms with Crippen molar-refractivity contribution >= 4 is 29.4 Å². The molecule has 0 radical (unpaired) electrons. The smallest absolute Gasteiger partial charge is 0.326 e. The lowest BCUT2D eigenvalue weighted by atomic mass is 10.1. The van der Waals surface area contributed by atoms with Crippen LogP contribution in [0, 0.1) is 5.82 Å². The topological polar surface area (TPSA) is 109 Å². The molecule has 108 valence electrons. The minimum atomic E-state index is -1.31. The van der Waals surface area contributed by atoms with Gasteiger partial charge in [0.25, 0.3) is 5.91 Å². The summed E-state index contributed by atoms with van der Waals surface area (Å²) in [5, 5.41) is 10.9. The Balaban J connectivity index is 2.77. The molecule has 0 saturated heterocycles. The average Bonchev–Trinajstić information content (AvgIpc) is 2.36. The number of carbonyl (C=O) groups is 3. The summed E-state index contributed by atoms with van der Waals surface area (Å²) in [6.07, 6.45) is -0.335. The van der Waals surface area contributed by atoms with E-state index in [2.05, 4.69) is 5.32 Å². The fourth-order valence-corrected chi connectivity index (χ4v) is 1.54. The van der Waals surface area contributed by atoms with Gasteiger partial charge in [-0.1, -0.05) is 11.6 Å². The maximum absolute atomic E-state index is 13.2. The Kier molecular flexibility index (Phi) is 5.45. The van der Waals surface area contributed by atoms with E-state index in [1.165, 1.54) is 12.1 Å². The van der Waals surface area contributed by atoms with Crippen LogP contribution in [0.1, 0.15) is 23.2 Å².